The molecule has 2 heterocycles. The molecule has 19 heavy (non-hydrogen) atoms. The van der Waals surface area contributed by atoms with Gasteiger partial charge in [-0.1, -0.05) is 48.5 Å². The standard InChI is InChI=1S/C17H22N2/c1-19-12-15-11-18-10-14-8-6-4-2-3-5-7-9-16(14)17(15)13-19/h2-9,15,17-18H,10-13H2,1H3. The highest BCUT2D eigenvalue weighted by molar-refractivity contribution is 5.31. The molecule has 0 spiro atoms. The predicted octanol–water partition coefficient (Wildman–Crippen LogP) is 2.56. The molecule has 2 nitrogen and oxygen atoms in total. The topological polar surface area (TPSA) is 15.3 Å². The molecule has 1 N–H and O–H groups in total. The fraction of sp³-hybridized carbons (Fsp3) is 0.412. The molecule has 0 radical (unpaired) electrons. The summed E-state index contributed by atoms with van der Waals surface area (Å²) in [7, 11) is 2.23. The van der Waals surface area contributed by atoms with Gasteiger partial charge in [0.1, 0.15) is 0 Å². The van der Waals surface area contributed by atoms with Gasteiger partial charge in [0.25, 0.3) is 0 Å². The quantitative estimate of drug-likeness (QED) is 0.765. The Bertz CT molecular complexity index is 496. The average Bonchev–Trinajstić information content (AvgIpc) is 2.69. The second-order valence-corrected chi connectivity index (χ2v) is 5.69. The molecule has 1 aromatic carbocycles. The molecule has 100 valence electrons. The van der Waals surface area contributed by atoms with E-state index in [-0.39, 0.29) is 0 Å². The van der Waals surface area contributed by atoms with E-state index in [4.69, 9.17) is 0 Å². The van der Waals surface area contributed by atoms with Crippen molar-refractivity contribution in [2.45, 2.75) is 12.5 Å². The van der Waals surface area contributed by atoms with Gasteiger partial charge in [0.15, 0.2) is 0 Å². The van der Waals surface area contributed by atoms with Crippen molar-refractivity contribution >= 4 is 0 Å². The Morgan fingerprint density at radius 1 is 1.00 bits per heavy atom. The van der Waals surface area contributed by atoms with Crippen LogP contribution in [0.2, 0.25) is 0 Å². The molecule has 1 saturated heterocycles. The second-order valence-electron chi connectivity index (χ2n) is 5.69. The van der Waals surface area contributed by atoms with Crippen molar-refractivity contribution in [3.05, 3.63) is 59.7 Å². The number of rotatable bonds is 0. The molecule has 1 fully saturated rings. The van der Waals surface area contributed by atoms with Crippen molar-refractivity contribution in [2.24, 2.45) is 5.92 Å². The van der Waals surface area contributed by atoms with Crippen LogP contribution in [0, 0.1) is 5.92 Å². The second kappa shape index (κ2) is 5.72. The van der Waals surface area contributed by atoms with Crippen LogP contribution in [0.5, 0.6) is 0 Å². The summed E-state index contributed by atoms with van der Waals surface area (Å²) < 4.78 is 0. The maximum atomic E-state index is 3.61. The van der Waals surface area contributed by atoms with Crippen molar-refractivity contribution in [1.82, 2.24) is 10.2 Å². The molecule has 2 atom stereocenters. The molecule has 0 amide bonds. The lowest BCUT2D eigenvalue weighted by molar-refractivity contribution is 0.388. The van der Waals surface area contributed by atoms with E-state index in [1.54, 1.807) is 0 Å². The maximum absolute atomic E-state index is 3.61. The summed E-state index contributed by atoms with van der Waals surface area (Å²) in [6.07, 6.45) is 0. The van der Waals surface area contributed by atoms with Gasteiger partial charge in [-0.25, -0.2) is 0 Å². The fourth-order valence-electron chi connectivity index (χ4n) is 3.35. The number of likely N-dealkylation sites (N-methyl/N-ethyl adjacent to an activating group) is 1. The fourth-order valence-corrected chi connectivity index (χ4v) is 3.35. The zero-order valence-electron chi connectivity index (χ0n) is 11.5. The molecule has 0 saturated carbocycles. The molecule has 0 aromatic heterocycles. The van der Waals surface area contributed by atoms with Gasteiger partial charge in [-0.2, -0.15) is 0 Å². The minimum absolute atomic E-state index is 0.674. The molecule has 2 aliphatic heterocycles. The number of nitrogens with zero attached hydrogens (tertiary/aromatic N) is 1. The third-order valence-corrected chi connectivity index (χ3v) is 4.24. The van der Waals surface area contributed by atoms with Crippen molar-refractivity contribution in [3.63, 3.8) is 0 Å². The highest BCUT2D eigenvalue weighted by Crippen LogP contribution is 2.34. The SMILES string of the molecule is CN1CC2CNCc3ccccccccc3C2C1. The maximum Gasteiger partial charge on any atom is 0.0208 e. The van der Waals surface area contributed by atoms with Gasteiger partial charge >= 0.3 is 0 Å². The van der Waals surface area contributed by atoms with E-state index < -0.39 is 0 Å². The molecule has 1 aromatic rings. The van der Waals surface area contributed by atoms with Gasteiger partial charge in [0.2, 0.25) is 0 Å². The number of hydrogen-bond acceptors (Lipinski definition) is 2. The lowest BCUT2D eigenvalue weighted by atomic mass is 9.88. The first-order chi connectivity index (χ1) is 9.34. The zero-order chi connectivity index (χ0) is 13.1. The minimum Gasteiger partial charge on any atom is -0.312 e. The third kappa shape index (κ3) is 2.80. The van der Waals surface area contributed by atoms with E-state index in [1.165, 1.54) is 24.2 Å². The molecule has 2 aliphatic rings. The van der Waals surface area contributed by atoms with Crippen molar-refractivity contribution < 1.29 is 0 Å². The summed E-state index contributed by atoms with van der Waals surface area (Å²) in [6, 6.07) is 17.3. The molecule has 0 aliphatic carbocycles. The van der Waals surface area contributed by atoms with E-state index in [0.29, 0.717) is 5.92 Å². The van der Waals surface area contributed by atoms with E-state index in [2.05, 4.69) is 65.8 Å². The predicted molar refractivity (Wildman–Crippen MR) is 79.5 cm³/mol. The normalized spacial score (nSPS) is 25.9. The molecule has 0 bridgehead atoms. The van der Waals surface area contributed by atoms with E-state index in [1.807, 2.05) is 0 Å². The van der Waals surface area contributed by atoms with Gasteiger partial charge in [-0.05, 0) is 24.1 Å². The molecular formula is C17H22N2. The minimum atomic E-state index is 0.674. The summed E-state index contributed by atoms with van der Waals surface area (Å²) in [5.74, 6) is 1.42. The Hall–Kier alpha value is -1.38. The Morgan fingerprint density at radius 3 is 2.58 bits per heavy atom. The summed E-state index contributed by atoms with van der Waals surface area (Å²) in [5.41, 5.74) is 2.97. The van der Waals surface area contributed by atoms with E-state index in [9.17, 15) is 0 Å². The summed E-state index contributed by atoms with van der Waals surface area (Å²) in [6.45, 7) is 4.52. The van der Waals surface area contributed by atoms with Gasteiger partial charge in [0, 0.05) is 32.1 Å². The van der Waals surface area contributed by atoms with Crippen LogP contribution in [0.4, 0.5) is 0 Å². The molecule has 2 unspecified atom stereocenters. The van der Waals surface area contributed by atoms with Crippen molar-refractivity contribution in [3.8, 4) is 0 Å². The van der Waals surface area contributed by atoms with Crippen LogP contribution >= 0.6 is 0 Å². The van der Waals surface area contributed by atoms with Crippen molar-refractivity contribution in [1.29, 1.82) is 0 Å². The molecular weight excluding hydrogens is 232 g/mol. The van der Waals surface area contributed by atoms with Crippen LogP contribution in [0.15, 0.2) is 48.5 Å². The number of likely N-dealkylation sites (tertiary alicyclic amines) is 1. The van der Waals surface area contributed by atoms with Crippen LogP contribution in [-0.4, -0.2) is 31.6 Å². The third-order valence-electron chi connectivity index (χ3n) is 4.24. The number of hydrogen-bond donors (Lipinski definition) is 1. The van der Waals surface area contributed by atoms with Crippen LogP contribution in [-0.2, 0) is 6.54 Å². The average molecular weight is 254 g/mol. The Morgan fingerprint density at radius 2 is 1.74 bits per heavy atom. The first kappa shape index (κ1) is 12.6. The molecule has 3 rings (SSSR count). The summed E-state index contributed by atoms with van der Waals surface area (Å²) in [5, 5.41) is 3.61. The summed E-state index contributed by atoms with van der Waals surface area (Å²) in [4.78, 5) is 2.46. The number of nitrogens with one attached hydrogen (secondary N) is 1. The lowest BCUT2D eigenvalue weighted by Gasteiger charge is -2.15. The monoisotopic (exact) mass is 254 g/mol. The van der Waals surface area contributed by atoms with Crippen LogP contribution in [0.25, 0.3) is 0 Å². The zero-order valence-corrected chi connectivity index (χ0v) is 11.5. The van der Waals surface area contributed by atoms with Gasteiger partial charge in [-0.15, -0.1) is 0 Å². The highest BCUT2D eigenvalue weighted by atomic mass is 15.1. The first-order valence-corrected chi connectivity index (χ1v) is 7.15. The summed E-state index contributed by atoms with van der Waals surface area (Å²) >= 11 is 0. The van der Waals surface area contributed by atoms with Gasteiger partial charge < -0.3 is 10.2 Å². The van der Waals surface area contributed by atoms with E-state index in [0.717, 1.165) is 19.0 Å². The van der Waals surface area contributed by atoms with Gasteiger partial charge in [-0.3, -0.25) is 0 Å². The lowest BCUT2D eigenvalue weighted by Crippen LogP contribution is -2.24. The molecule has 2 heteroatoms. The van der Waals surface area contributed by atoms with E-state index >= 15 is 0 Å². The Kier molecular flexibility index (Phi) is 3.81. The highest BCUT2D eigenvalue weighted by Gasteiger charge is 2.33. The first-order valence-electron chi connectivity index (χ1n) is 7.15. The van der Waals surface area contributed by atoms with Crippen LogP contribution in [0.3, 0.4) is 0 Å². The van der Waals surface area contributed by atoms with Crippen molar-refractivity contribution in [2.75, 3.05) is 26.7 Å². The van der Waals surface area contributed by atoms with Crippen LogP contribution < -0.4 is 5.32 Å². The number of fused-ring (bicyclic) bond motifs is 3. The Labute approximate surface area is 115 Å². The van der Waals surface area contributed by atoms with Crippen LogP contribution in [0.1, 0.15) is 17.0 Å². The Balaban J connectivity index is 2.09. The largest absolute Gasteiger partial charge is 0.312 e. The smallest absolute Gasteiger partial charge is 0.0208 e. The van der Waals surface area contributed by atoms with Gasteiger partial charge in [0.05, 0.1) is 0 Å².